The summed E-state index contributed by atoms with van der Waals surface area (Å²) >= 11 is 3.45. The van der Waals surface area contributed by atoms with Crippen LogP contribution in [-0.4, -0.2) is 11.6 Å². The van der Waals surface area contributed by atoms with Crippen LogP contribution in [0.25, 0.3) is 0 Å². The first-order valence-corrected chi connectivity index (χ1v) is 7.21. The highest BCUT2D eigenvalue weighted by atomic mass is 79.9. The van der Waals surface area contributed by atoms with Crippen LogP contribution in [0.4, 0.5) is 0 Å². The Labute approximate surface area is 125 Å². The van der Waals surface area contributed by atoms with Gasteiger partial charge in [0.2, 0.25) is 0 Å². The Hall–Kier alpha value is -1.74. The second-order valence-corrected chi connectivity index (χ2v) is 6.30. The minimum absolute atomic E-state index is 0.174. The highest BCUT2D eigenvalue weighted by Crippen LogP contribution is 2.45. The van der Waals surface area contributed by atoms with Crippen LogP contribution in [0.3, 0.4) is 0 Å². The number of rotatable bonds is 1. The van der Waals surface area contributed by atoms with Crippen LogP contribution in [0.15, 0.2) is 42.5 Å². The lowest BCUT2D eigenvalue weighted by atomic mass is 9.88. The molecule has 2 aromatic rings. The standard InChI is InChI=1S/C17H13BrO2/c1-10-6-5-9-14(11(10)2)17(18)15(19)12-7-3-4-8-13(12)16(17)20/h3-9H,1-2H3. The number of fused-ring (bicyclic) bond motifs is 1. The van der Waals surface area contributed by atoms with Gasteiger partial charge in [-0.1, -0.05) is 58.4 Å². The van der Waals surface area contributed by atoms with Gasteiger partial charge < -0.3 is 0 Å². The zero-order chi connectivity index (χ0) is 14.5. The lowest BCUT2D eigenvalue weighted by Gasteiger charge is -2.22. The summed E-state index contributed by atoms with van der Waals surface area (Å²) in [5, 5.41) is 0. The molecule has 0 aliphatic heterocycles. The van der Waals surface area contributed by atoms with Crippen molar-refractivity contribution in [2.45, 2.75) is 18.2 Å². The molecule has 0 N–H and O–H groups in total. The lowest BCUT2D eigenvalue weighted by molar-refractivity contribution is 0.0871. The van der Waals surface area contributed by atoms with Crippen LogP contribution in [-0.2, 0) is 4.32 Å². The first-order chi connectivity index (χ1) is 9.48. The number of halogens is 1. The number of alkyl halides is 1. The number of benzene rings is 2. The zero-order valence-corrected chi connectivity index (χ0v) is 12.8. The Morgan fingerprint density at radius 2 is 1.40 bits per heavy atom. The number of carbonyl (C=O) groups is 2. The minimum atomic E-state index is -1.27. The quantitative estimate of drug-likeness (QED) is 0.586. The van der Waals surface area contributed by atoms with Crippen LogP contribution >= 0.6 is 15.9 Å². The third kappa shape index (κ3) is 1.56. The molecule has 0 radical (unpaired) electrons. The molecule has 3 rings (SSSR count). The summed E-state index contributed by atoms with van der Waals surface area (Å²) in [6.45, 7) is 3.92. The molecule has 0 fully saturated rings. The molecule has 2 nitrogen and oxygen atoms in total. The van der Waals surface area contributed by atoms with Crippen molar-refractivity contribution in [1.82, 2.24) is 0 Å². The largest absolute Gasteiger partial charge is 0.292 e. The fraction of sp³-hybridized carbons (Fsp3) is 0.176. The number of aryl methyl sites for hydroxylation is 1. The second-order valence-electron chi connectivity index (χ2n) is 5.11. The van der Waals surface area contributed by atoms with Gasteiger partial charge in [-0.3, -0.25) is 9.59 Å². The van der Waals surface area contributed by atoms with Crippen molar-refractivity contribution in [3.8, 4) is 0 Å². The van der Waals surface area contributed by atoms with E-state index in [0.717, 1.165) is 16.7 Å². The van der Waals surface area contributed by atoms with Crippen molar-refractivity contribution >= 4 is 27.5 Å². The van der Waals surface area contributed by atoms with Gasteiger partial charge in [-0.05, 0) is 30.5 Å². The normalized spacial score (nSPS) is 16.4. The average Bonchev–Trinajstić information content (AvgIpc) is 2.65. The monoisotopic (exact) mass is 328 g/mol. The first kappa shape index (κ1) is 13.3. The van der Waals surface area contributed by atoms with E-state index in [1.807, 2.05) is 32.0 Å². The molecular formula is C17H13BrO2. The van der Waals surface area contributed by atoms with E-state index >= 15 is 0 Å². The van der Waals surface area contributed by atoms with Gasteiger partial charge in [0.25, 0.3) is 0 Å². The van der Waals surface area contributed by atoms with E-state index in [4.69, 9.17) is 0 Å². The zero-order valence-electron chi connectivity index (χ0n) is 11.2. The maximum Gasteiger partial charge on any atom is 0.192 e. The SMILES string of the molecule is Cc1cccc(C2(Br)C(=O)c3ccccc3C2=O)c1C. The summed E-state index contributed by atoms with van der Waals surface area (Å²) in [5.41, 5.74) is 3.77. The first-order valence-electron chi connectivity index (χ1n) is 6.42. The molecule has 0 atom stereocenters. The summed E-state index contributed by atoms with van der Waals surface area (Å²) in [6, 6.07) is 12.7. The Kier molecular flexibility index (Phi) is 2.91. The third-order valence-electron chi connectivity index (χ3n) is 4.02. The maximum atomic E-state index is 12.7. The second kappa shape index (κ2) is 4.38. The van der Waals surface area contributed by atoms with Crippen molar-refractivity contribution in [3.63, 3.8) is 0 Å². The Balaban J connectivity index is 2.27. The van der Waals surface area contributed by atoms with Crippen LogP contribution in [0, 0.1) is 13.8 Å². The van der Waals surface area contributed by atoms with Crippen molar-refractivity contribution in [2.24, 2.45) is 0 Å². The van der Waals surface area contributed by atoms with E-state index in [1.165, 1.54) is 0 Å². The molecular weight excluding hydrogens is 316 g/mol. The summed E-state index contributed by atoms with van der Waals surface area (Å²) in [4.78, 5) is 25.5. The summed E-state index contributed by atoms with van der Waals surface area (Å²) < 4.78 is -1.27. The predicted octanol–water partition coefficient (Wildman–Crippen LogP) is 3.97. The van der Waals surface area contributed by atoms with E-state index in [9.17, 15) is 9.59 Å². The number of hydrogen-bond donors (Lipinski definition) is 0. The smallest absolute Gasteiger partial charge is 0.192 e. The Morgan fingerprint density at radius 1 is 0.850 bits per heavy atom. The molecule has 0 saturated carbocycles. The molecule has 0 spiro atoms. The van der Waals surface area contributed by atoms with Crippen molar-refractivity contribution in [1.29, 1.82) is 0 Å². The lowest BCUT2D eigenvalue weighted by Crippen LogP contribution is -2.32. The highest BCUT2D eigenvalue weighted by Gasteiger charge is 2.52. The number of ketones is 2. The van der Waals surface area contributed by atoms with Gasteiger partial charge in [0.1, 0.15) is 0 Å². The van der Waals surface area contributed by atoms with Crippen molar-refractivity contribution in [2.75, 3.05) is 0 Å². The maximum absolute atomic E-state index is 12.7. The van der Waals surface area contributed by atoms with Crippen LogP contribution in [0.1, 0.15) is 37.4 Å². The molecule has 0 saturated heterocycles. The van der Waals surface area contributed by atoms with Gasteiger partial charge in [0.05, 0.1) is 0 Å². The van der Waals surface area contributed by atoms with E-state index in [-0.39, 0.29) is 11.6 Å². The summed E-state index contributed by atoms with van der Waals surface area (Å²) in [7, 11) is 0. The van der Waals surface area contributed by atoms with Gasteiger partial charge in [0, 0.05) is 11.1 Å². The number of carbonyl (C=O) groups excluding carboxylic acids is 2. The molecule has 0 unspecified atom stereocenters. The van der Waals surface area contributed by atoms with Crippen LogP contribution < -0.4 is 0 Å². The molecule has 20 heavy (non-hydrogen) atoms. The van der Waals surface area contributed by atoms with E-state index in [1.54, 1.807) is 24.3 Å². The molecule has 3 heteroatoms. The third-order valence-corrected chi connectivity index (χ3v) is 5.17. The molecule has 0 heterocycles. The van der Waals surface area contributed by atoms with E-state index < -0.39 is 4.32 Å². The number of Topliss-reactive ketones (excluding diaryl/α,β-unsaturated/α-hetero) is 2. The predicted molar refractivity (Wildman–Crippen MR) is 81.6 cm³/mol. The highest BCUT2D eigenvalue weighted by molar-refractivity contribution is 9.10. The summed E-state index contributed by atoms with van der Waals surface area (Å²) in [5.74, 6) is -0.349. The van der Waals surface area contributed by atoms with E-state index in [2.05, 4.69) is 15.9 Å². The fourth-order valence-corrected chi connectivity index (χ4v) is 3.58. The average molecular weight is 329 g/mol. The van der Waals surface area contributed by atoms with Crippen LogP contribution in [0.5, 0.6) is 0 Å². The van der Waals surface area contributed by atoms with Gasteiger partial charge in [-0.2, -0.15) is 0 Å². The molecule has 0 aromatic heterocycles. The molecule has 100 valence electrons. The summed E-state index contributed by atoms with van der Waals surface area (Å²) in [6.07, 6.45) is 0. The van der Waals surface area contributed by atoms with Crippen LogP contribution in [0.2, 0.25) is 0 Å². The Morgan fingerprint density at radius 3 is 1.95 bits per heavy atom. The van der Waals surface area contributed by atoms with Gasteiger partial charge in [-0.15, -0.1) is 0 Å². The molecule has 2 aromatic carbocycles. The molecule has 1 aliphatic rings. The fourth-order valence-electron chi connectivity index (χ4n) is 2.72. The minimum Gasteiger partial charge on any atom is -0.292 e. The van der Waals surface area contributed by atoms with Gasteiger partial charge in [-0.25, -0.2) is 0 Å². The topological polar surface area (TPSA) is 34.1 Å². The van der Waals surface area contributed by atoms with Gasteiger partial charge in [0.15, 0.2) is 15.9 Å². The van der Waals surface area contributed by atoms with E-state index in [0.29, 0.717) is 11.1 Å². The van der Waals surface area contributed by atoms with Crippen molar-refractivity contribution in [3.05, 3.63) is 70.3 Å². The number of hydrogen-bond acceptors (Lipinski definition) is 2. The molecule has 1 aliphatic carbocycles. The molecule has 0 bridgehead atoms. The molecule has 0 amide bonds. The van der Waals surface area contributed by atoms with Gasteiger partial charge >= 0.3 is 0 Å². The Bertz CT molecular complexity index is 711. The van der Waals surface area contributed by atoms with Crippen molar-refractivity contribution < 1.29 is 9.59 Å².